The minimum Gasteiger partial charge on any atom is -0.324 e. The van der Waals surface area contributed by atoms with Gasteiger partial charge in [-0.3, -0.25) is 19.1 Å². The van der Waals surface area contributed by atoms with E-state index in [1.807, 2.05) is 42.7 Å². The van der Waals surface area contributed by atoms with Crippen LogP contribution in [0.2, 0.25) is 0 Å². The first-order valence-electron chi connectivity index (χ1n) is 8.35. The lowest BCUT2D eigenvalue weighted by Gasteiger charge is -2.08. The molecule has 1 amide bonds. The number of carbonyl (C=O) groups excluding carboxylic acids is 1. The Labute approximate surface area is 168 Å². The summed E-state index contributed by atoms with van der Waals surface area (Å²) >= 11 is 2.68. The topological polar surface area (TPSA) is 89.8 Å². The summed E-state index contributed by atoms with van der Waals surface area (Å²) in [6.07, 6.45) is 6.69. The number of hydrogen-bond donors (Lipinski definition) is 1. The molecule has 7 nitrogen and oxygen atoms in total. The lowest BCUT2D eigenvalue weighted by molar-refractivity contribution is -0.116. The summed E-state index contributed by atoms with van der Waals surface area (Å²) in [6.45, 7) is -0.117. The Balaban J connectivity index is 1.59. The Bertz CT molecular complexity index is 1200. The third kappa shape index (κ3) is 3.67. The monoisotopic (exact) mass is 409 g/mol. The van der Waals surface area contributed by atoms with Crippen LogP contribution in [0.5, 0.6) is 0 Å². The van der Waals surface area contributed by atoms with Gasteiger partial charge >= 0.3 is 0 Å². The predicted molar refractivity (Wildman–Crippen MR) is 112 cm³/mol. The van der Waals surface area contributed by atoms with Gasteiger partial charge in [0, 0.05) is 28.5 Å². The summed E-state index contributed by atoms with van der Waals surface area (Å²) in [5.74, 6) is -0.291. The molecule has 3 aromatic heterocycles. The van der Waals surface area contributed by atoms with Gasteiger partial charge in [-0.2, -0.15) is 4.37 Å². The summed E-state index contributed by atoms with van der Waals surface area (Å²) in [5.41, 5.74) is 2.43. The molecule has 0 aliphatic heterocycles. The number of rotatable bonds is 5. The van der Waals surface area contributed by atoms with Crippen LogP contribution in [0.3, 0.4) is 0 Å². The standard InChI is InChI=1S/C19H15N5O2S2/c1-27-14-4-2-3-13(9-14)22-15(25)10-24-11-21-17-16(12-5-7-20-8-6-12)23-28-18(17)19(24)26/h2-9,11H,10H2,1H3,(H,22,25). The average Bonchev–Trinajstić information content (AvgIpc) is 3.16. The van der Waals surface area contributed by atoms with Crippen molar-refractivity contribution < 1.29 is 4.79 Å². The van der Waals surface area contributed by atoms with Crippen molar-refractivity contribution in [1.82, 2.24) is 18.9 Å². The van der Waals surface area contributed by atoms with E-state index in [-0.39, 0.29) is 18.0 Å². The molecule has 3 heterocycles. The molecule has 0 aliphatic carbocycles. The molecule has 0 spiro atoms. The molecule has 140 valence electrons. The molecule has 9 heteroatoms. The van der Waals surface area contributed by atoms with Crippen LogP contribution in [0.1, 0.15) is 0 Å². The number of fused-ring (bicyclic) bond motifs is 1. The lowest BCUT2D eigenvalue weighted by Crippen LogP contribution is -2.27. The number of aromatic nitrogens is 4. The number of anilines is 1. The predicted octanol–water partition coefficient (Wildman–Crippen LogP) is 3.28. The normalized spacial score (nSPS) is 10.9. The fraction of sp³-hybridized carbons (Fsp3) is 0.105. The maximum atomic E-state index is 12.8. The van der Waals surface area contributed by atoms with E-state index in [2.05, 4.69) is 19.7 Å². The van der Waals surface area contributed by atoms with Crippen LogP contribution in [0.4, 0.5) is 5.69 Å². The van der Waals surface area contributed by atoms with Crippen LogP contribution in [0.25, 0.3) is 21.5 Å². The first kappa shape index (κ1) is 18.3. The number of pyridine rings is 1. The second-order valence-corrected chi connectivity index (χ2v) is 7.56. The van der Waals surface area contributed by atoms with Gasteiger partial charge in [-0.25, -0.2) is 4.98 Å². The van der Waals surface area contributed by atoms with Crippen molar-refractivity contribution in [3.63, 3.8) is 0 Å². The molecular formula is C19H15N5O2S2. The van der Waals surface area contributed by atoms with Crippen molar-refractivity contribution in [2.75, 3.05) is 11.6 Å². The summed E-state index contributed by atoms with van der Waals surface area (Å²) < 4.78 is 6.09. The highest BCUT2D eigenvalue weighted by Crippen LogP contribution is 2.26. The summed E-state index contributed by atoms with van der Waals surface area (Å²) in [6, 6.07) is 11.2. The van der Waals surface area contributed by atoms with Crippen molar-refractivity contribution in [2.45, 2.75) is 11.4 Å². The molecular weight excluding hydrogens is 394 g/mol. The first-order valence-corrected chi connectivity index (χ1v) is 10.3. The number of amides is 1. The van der Waals surface area contributed by atoms with Crippen LogP contribution in [0, 0.1) is 0 Å². The number of carbonyl (C=O) groups is 1. The molecule has 4 aromatic rings. The zero-order valence-corrected chi connectivity index (χ0v) is 16.5. The van der Waals surface area contributed by atoms with Gasteiger partial charge in [0.2, 0.25) is 5.91 Å². The van der Waals surface area contributed by atoms with Crippen LogP contribution >= 0.6 is 23.3 Å². The fourth-order valence-electron chi connectivity index (χ4n) is 2.72. The molecule has 28 heavy (non-hydrogen) atoms. The second-order valence-electron chi connectivity index (χ2n) is 5.90. The van der Waals surface area contributed by atoms with E-state index in [1.54, 1.807) is 24.2 Å². The molecule has 1 aromatic carbocycles. The van der Waals surface area contributed by atoms with Crippen LogP contribution in [-0.4, -0.2) is 31.1 Å². The molecule has 0 fully saturated rings. The molecule has 1 N–H and O–H groups in total. The van der Waals surface area contributed by atoms with Gasteiger partial charge in [0.05, 0.1) is 6.33 Å². The van der Waals surface area contributed by atoms with E-state index in [1.165, 1.54) is 10.9 Å². The van der Waals surface area contributed by atoms with E-state index in [4.69, 9.17) is 0 Å². The molecule has 4 rings (SSSR count). The van der Waals surface area contributed by atoms with Crippen molar-refractivity contribution in [3.05, 3.63) is 65.5 Å². The van der Waals surface area contributed by atoms with Crippen LogP contribution in [0.15, 0.2) is 64.8 Å². The molecule has 0 radical (unpaired) electrons. The third-order valence-corrected chi connectivity index (χ3v) is 5.62. The van der Waals surface area contributed by atoms with Gasteiger partial charge in [-0.1, -0.05) is 6.07 Å². The Morgan fingerprint density at radius 3 is 2.86 bits per heavy atom. The molecule has 0 unspecified atom stereocenters. The summed E-state index contributed by atoms with van der Waals surface area (Å²) in [4.78, 5) is 34.5. The Morgan fingerprint density at radius 2 is 2.07 bits per heavy atom. The summed E-state index contributed by atoms with van der Waals surface area (Å²) in [7, 11) is 0. The van der Waals surface area contributed by atoms with Crippen molar-refractivity contribution >= 4 is 45.1 Å². The average molecular weight is 409 g/mol. The van der Waals surface area contributed by atoms with E-state index in [9.17, 15) is 9.59 Å². The highest BCUT2D eigenvalue weighted by atomic mass is 32.2. The van der Waals surface area contributed by atoms with Gasteiger partial charge in [0.15, 0.2) is 0 Å². The van der Waals surface area contributed by atoms with E-state index >= 15 is 0 Å². The van der Waals surface area contributed by atoms with E-state index in [0.29, 0.717) is 21.6 Å². The minimum absolute atomic E-state index is 0.117. The number of thioether (sulfide) groups is 1. The molecule has 0 atom stereocenters. The Morgan fingerprint density at radius 1 is 1.25 bits per heavy atom. The first-order chi connectivity index (χ1) is 13.7. The smallest absolute Gasteiger partial charge is 0.273 e. The van der Waals surface area contributed by atoms with E-state index in [0.717, 1.165) is 22.0 Å². The number of nitrogens with one attached hydrogen (secondary N) is 1. The SMILES string of the molecule is CSc1cccc(NC(=O)Cn2cnc3c(-c4ccncc4)nsc3c2=O)c1. The van der Waals surface area contributed by atoms with Crippen molar-refractivity contribution in [1.29, 1.82) is 0 Å². The quantitative estimate of drug-likeness (QED) is 0.509. The lowest BCUT2D eigenvalue weighted by atomic mass is 10.2. The Kier molecular flexibility index (Phi) is 5.18. The zero-order valence-electron chi connectivity index (χ0n) is 14.8. The molecule has 0 bridgehead atoms. The maximum Gasteiger partial charge on any atom is 0.273 e. The molecule has 0 saturated heterocycles. The van der Waals surface area contributed by atoms with Gasteiger partial charge in [0.1, 0.15) is 22.5 Å². The van der Waals surface area contributed by atoms with Gasteiger partial charge in [-0.15, -0.1) is 11.8 Å². The van der Waals surface area contributed by atoms with Gasteiger partial charge in [0.25, 0.3) is 5.56 Å². The van der Waals surface area contributed by atoms with Gasteiger partial charge < -0.3 is 5.32 Å². The van der Waals surface area contributed by atoms with Crippen LogP contribution < -0.4 is 10.9 Å². The summed E-state index contributed by atoms with van der Waals surface area (Å²) in [5, 5.41) is 2.81. The second kappa shape index (κ2) is 7.91. The number of hydrogen-bond acceptors (Lipinski definition) is 7. The Hall–Kier alpha value is -3.04. The van der Waals surface area contributed by atoms with Crippen LogP contribution in [-0.2, 0) is 11.3 Å². The molecule has 0 saturated carbocycles. The number of nitrogens with zero attached hydrogens (tertiary/aromatic N) is 4. The fourth-order valence-corrected chi connectivity index (χ4v) is 3.99. The highest BCUT2D eigenvalue weighted by Gasteiger charge is 2.15. The van der Waals surface area contributed by atoms with E-state index < -0.39 is 0 Å². The van der Waals surface area contributed by atoms with Gasteiger partial charge in [-0.05, 0) is 48.1 Å². The number of benzene rings is 1. The third-order valence-electron chi connectivity index (χ3n) is 4.07. The van der Waals surface area contributed by atoms with Crippen molar-refractivity contribution in [3.8, 4) is 11.3 Å². The molecule has 0 aliphatic rings. The highest BCUT2D eigenvalue weighted by molar-refractivity contribution is 7.98. The zero-order chi connectivity index (χ0) is 19.5. The van der Waals surface area contributed by atoms with Crippen molar-refractivity contribution in [2.24, 2.45) is 0 Å². The minimum atomic E-state index is -0.291. The maximum absolute atomic E-state index is 12.8. The largest absolute Gasteiger partial charge is 0.324 e.